The van der Waals surface area contributed by atoms with Gasteiger partial charge in [0, 0.05) is 25.6 Å². The summed E-state index contributed by atoms with van der Waals surface area (Å²) >= 11 is 0. The van der Waals surface area contributed by atoms with Crippen molar-refractivity contribution < 1.29 is 14.6 Å². The molecule has 2 heterocycles. The zero-order valence-corrected chi connectivity index (χ0v) is 12.9. The molecule has 0 aromatic carbocycles. The first kappa shape index (κ1) is 15.3. The molecular weight excluding hydrogens is 268 g/mol. The van der Waals surface area contributed by atoms with Crippen LogP contribution in [0.3, 0.4) is 0 Å². The van der Waals surface area contributed by atoms with Gasteiger partial charge in [0.25, 0.3) is 0 Å². The van der Waals surface area contributed by atoms with Gasteiger partial charge >= 0.3 is 0 Å². The average Bonchev–Trinajstić information content (AvgIpc) is 3.17. The second-order valence-corrected chi connectivity index (χ2v) is 6.93. The van der Waals surface area contributed by atoms with Crippen LogP contribution in [-0.2, 0) is 9.53 Å². The zero-order chi connectivity index (χ0) is 14.7. The number of nitrogens with zero attached hydrogens (tertiary/aromatic N) is 1. The van der Waals surface area contributed by atoms with E-state index in [0.29, 0.717) is 32.2 Å². The molecule has 0 aromatic rings. The summed E-state index contributed by atoms with van der Waals surface area (Å²) in [6.07, 6.45) is 8.98. The minimum atomic E-state index is -0.859. The van der Waals surface area contributed by atoms with Crippen LogP contribution >= 0.6 is 0 Å². The molecule has 0 aromatic heterocycles. The highest BCUT2D eigenvalue weighted by Gasteiger charge is 2.37. The highest BCUT2D eigenvalue weighted by Crippen LogP contribution is 2.29. The maximum absolute atomic E-state index is 12.6. The van der Waals surface area contributed by atoms with Crippen molar-refractivity contribution in [1.29, 1.82) is 0 Å². The van der Waals surface area contributed by atoms with Crippen LogP contribution in [0.1, 0.15) is 51.4 Å². The summed E-state index contributed by atoms with van der Waals surface area (Å²) < 4.78 is 5.23. The van der Waals surface area contributed by atoms with Gasteiger partial charge in [0.2, 0.25) is 5.91 Å². The Kier molecular flexibility index (Phi) is 4.82. The summed E-state index contributed by atoms with van der Waals surface area (Å²) in [7, 11) is 0. The smallest absolute Gasteiger partial charge is 0.237 e. The van der Waals surface area contributed by atoms with E-state index in [2.05, 4.69) is 10.2 Å². The van der Waals surface area contributed by atoms with Crippen molar-refractivity contribution in [3.63, 3.8) is 0 Å². The normalized spacial score (nSPS) is 35.2. The Hall–Kier alpha value is -0.650. The molecule has 5 heteroatoms. The van der Waals surface area contributed by atoms with Gasteiger partial charge < -0.3 is 15.2 Å². The van der Waals surface area contributed by atoms with Crippen molar-refractivity contribution in [3.05, 3.63) is 0 Å². The Morgan fingerprint density at radius 1 is 1.24 bits per heavy atom. The molecule has 2 atom stereocenters. The van der Waals surface area contributed by atoms with Gasteiger partial charge in [-0.3, -0.25) is 9.69 Å². The van der Waals surface area contributed by atoms with Crippen molar-refractivity contribution >= 4 is 5.91 Å². The fourth-order valence-electron chi connectivity index (χ4n) is 4.01. The van der Waals surface area contributed by atoms with Gasteiger partial charge in [-0.2, -0.15) is 0 Å². The van der Waals surface area contributed by atoms with Crippen molar-refractivity contribution in [2.75, 3.05) is 26.3 Å². The predicted octanol–water partition coefficient (Wildman–Crippen LogP) is 1.05. The molecule has 0 bridgehead atoms. The van der Waals surface area contributed by atoms with Crippen molar-refractivity contribution in [1.82, 2.24) is 10.2 Å². The summed E-state index contributed by atoms with van der Waals surface area (Å²) in [4.78, 5) is 15.0. The highest BCUT2D eigenvalue weighted by molar-refractivity contribution is 5.82. The van der Waals surface area contributed by atoms with Gasteiger partial charge in [0.15, 0.2) is 0 Å². The standard InChI is InChI=1S/C16H28N2O3/c19-15(17-11-16(20)8-10-21-12-16)14-7-3-4-9-18(14)13-5-1-2-6-13/h13-14,20H,1-12H2,(H,17,19). The lowest BCUT2D eigenvalue weighted by molar-refractivity contribution is -0.130. The third kappa shape index (κ3) is 3.58. The molecule has 21 heavy (non-hydrogen) atoms. The molecule has 1 saturated carbocycles. The van der Waals surface area contributed by atoms with E-state index in [9.17, 15) is 9.90 Å². The van der Waals surface area contributed by atoms with E-state index >= 15 is 0 Å². The summed E-state index contributed by atoms with van der Waals surface area (Å²) in [6.45, 7) is 2.30. The first-order chi connectivity index (χ1) is 10.2. The quantitative estimate of drug-likeness (QED) is 0.814. The van der Waals surface area contributed by atoms with E-state index < -0.39 is 5.60 Å². The molecule has 2 aliphatic heterocycles. The summed E-state index contributed by atoms with van der Waals surface area (Å²) in [6, 6.07) is 0.603. The topological polar surface area (TPSA) is 61.8 Å². The van der Waals surface area contributed by atoms with E-state index in [4.69, 9.17) is 4.74 Å². The van der Waals surface area contributed by atoms with E-state index in [1.54, 1.807) is 0 Å². The lowest BCUT2D eigenvalue weighted by atomic mass is 9.97. The SMILES string of the molecule is O=C(NCC1(O)CCOC1)C1CCCCN1C1CCCC1. The van der Waals surface area contributed by atoms with Crippen LogP contribution in [0.25, 0.3) is 0 Å². The molecule has 3 rings (SSSR count). The summed E-state index contributed by atoms with van der Waals surface area (Å²) in [5, 5.41) is 13.2. The Labute approximate surface area is 127 Å². The Bertz CT molecular complexity index is 363. The van der Waals surface area contributed by atoms with Crippen LogP contribution < -0.4 is 5.32 Å². The molecular formula is C16H28N2O3. The molecule has 3 aliphatic rings. The van der Waals surface area contributed by atoms with E-state index in [1.165, 1.54) is 32.1 Å². The molecule has 0 spiro atoms. The van der Waals surface area contributed by atoms with Crippen molar-refractivity contribution in [3.8, 4) is 0 Å². The molecule has 5 nitrogen and oxygen atoms in total. The third-order valence-corrected chi connectivity index (χ3v) is 5.31. The minimum Gasteiger partial charge on any atom is -0.386 e. The Morgan fingerprint density at radius 2 is 2.00 bits per heavy atom. The van der Waals surface area contributed by atoms with Gasteiger partial charge in [0.05, 0.1) is 12.6 Å². The predicted molar refractivity (Wildman–Crippen MR) is 80.0 cm³/mol. The lowest BCUT2D eigenvalue weighted by Crippen LogP contribution is -2.55. The van der Waals surface area contributed by atoms with E-state index in [1.807, 2.05) is 0 Å². The van der Waals surface area contributed by atoms with Gasteiger partial charge in [-0.1, -0.05) is 19.3 Å². The maximum Gasteiger partial charge on any atom is 0.237 e. The summed E-state index contributed by atoms with van der Waals surface area (Å²) in [5.74, 6) is 0.0990. The number of likely N-dealkylation sites (tertiary alicyclic amines) is 1. The minimum absolute atomic E-state index is 0.00720. The van der Waals surface area contributed by atoms with E-state index in [-0.39, 0.29) is 11.9 Å². The van der Waals surface area contributed by atoms with Crippen molar-refractivity contribution in [2.24, 2.45) is 0 Å². The number of ether oxygens (including phenoxy) is 1. The number of carbonyl (C=O) groups excluding carboxylic acids is 1. The monoisotopic (exact) mass is 296 g/mol. The number of aliphatic hydroxyl groups is 1. The van der Waals surface area contributed by atoms with Gasteiger partial charge in [-0.15, -0.1) is 0 Å². The largest absolute Gasteiger partial charge is 0.386 e. The molecule has 2 saturated heterocycles. The number of hydrogen-bond acceptors (Lipinski definition) is 4. The Morgan fingerprint density at radius 3 is 2.71 bits per heavy atom. The van der Waals surface area contributed by atoms with Crippen LogP contribution in [-0.4, -0.2) is 59.9 Å². The second kappa shape index (κ2) is 6.63. The number of piperidine rings is 1. The second-order valence-electron chi connectivity index (χ2n) is 6.93. The fourth-order valence-corrected chi connectivity index (χ4v) is 4.01. The molecule has 120 valence electrons. The molecule has 1 aliphatic carbocycles. The number of carbonyl (C=O) groups is 1. The van der Waals surface area contributed by atoms with Crippen molar-refractivity contribution in [2.45, 2.75) is 69.1 Å². The average molecular weight is 296 g/mol. The maximum atomic E-state index is 12.6. The van der Waals surface area contributed by atoms with Gasteiger partial charge in [0.1, 0.15) is 5.60 Å². The van der Waals surface area contributed by atoms with Crippen LogP contribution in [0.5, 0.6) is 0 Å². The molecule has 0 radical (unpaired) electrons. The molecule has 3 fully saturated rings. The van der Waals surface area contributed by atoms with Crippen LogP contribution in [0.4, 0.5) is 0 Å². The fraction of sp³-hybridized carbons (Fsp3) is 0.938. The van der Waals surface area contributed by atoms with E-state index in [0.717, 1.165) is 19.4 Å². The molecule has 2 unspecified atom stereocenters. The Balaban J connectivity index is 1.56. The first-order valence-corrected chi connectivity index (χ1v) is 8.52. The summed E-state index contributed by atoms with van der Waals surface area (Å²) in [5.41, 5.74) is -0.859. The first-order valence-electron chi connectivity index (χ1n) is 8.52. The molecule has 2 N–H and O–H groups in total. The molecule has 1 amide bonds. The number of amides is 1. The zero-order valence-electron chi connectivity index (χ0n) is 12.9. The van der Waals surface area contributed by atoms with Gasteiger partial charge in [-0.25, -0.2) is 0 Å². The van der Waals surface area contributed by atoms with Crippen LogP contribution in [0.2, 0.25) is 0 Å². The third-order valence-electron chi connectivity index (χ3n) is 5.31. The number of rotatable bonds is 4. The van der Waals surface area contributed by atoms with Crippen LogP contribution in [0, 0.1) is 0 Å². The van der Waals surface area contributed by atoms with Crippen LogP contribution in [0.15, 0.2) is 0 Å². The number of hydrogen-bond donors (Lipinski definition) is 2. The highest BCUT2D eigenvalue weighted by atomic mass is 16.5. The van der Waals surface area contributed by atoms with Gasteiger partial charge in [-0.05, 0) is 32.2 Å². The lowest BCUT2D eigenvalue weighted by Gasteiger charge is -2.39. The number of nitrogens with one attached hydrogen (secondary N) is 1.